The molecule has 1 fully saturated rings. The van der Waals surface area contributed by atoms with Crippen LogP contribution < -0.4 is 10.6 Å². The molecule has 0 saturated carbocycles. The number of hydrogen-bond donors (Lipinski definition) is 2. The van der Waals surface area contributed by atoms with Gasteiger partial charge in [-0.25, -0.2) is 0 Å². The zero-order valence-corrected chi connectivity index (χ0v) is 10.5. The van der Waals surface area contributed by atoms with Crippen molar-refractivity contribution in [3.63, 3.8) is 0 Å². The zero-order valence-electron chi connectivity index (χ0n) is 8.05. The summed E-state index contributed by atoms with van der Waals surface area (Å²) in [4.78, 5) is 0. The fourth-order valence-corrected chi connectivity index (χ4v) is 3.11. The number of thiophene rings is 1. The smallest absolute Gasteiger partial charge is 0.0894 e. The maximum atomic E-state index is 3.45. The summed E-state index contributed by atoms with van der Waals surface area (Å²) in [7, 11) is 0. The maximum absolute atomic E-state index is 3.45. The summed E-state index contributed by atoms with van der Waals surface area (Å²) < 4.78 is 1.17. The van der Waals surface area contributed by atoms with Crippen LogP contribution in [0.2, 0.25) is 0 Å². The monoisotopic (exact) mass is 274 g/mol. The Morgan fingerprint density at radius 3 is 3.21 bits per heavy atom. The van der Waals surface area contributed by atoms with E-state index in [0.717, 1.165) is 12.5 Å². The standard InChI is InChI=1S/C10H15BrN2S/c11-9-5-10(14-7-9)13-4-2-8-1-3-12-6-8/h5,7-8,12-13H,1-4,6H2. The molecular weight excluding hydrogens is 260 g/mol. The maximum Gasteiger partial charge on any atom is 0.0894 e. The second-order valence-electron chi connectivity index (χ2n) is 3.70. The molecule has 0 aromatic carbocycles. The van der Waals surface area contributed by atoms with Crippen LogP contribution >= 0.6 is 27.3 Å². The topological polar surface area (TPSA) is 24.1 Å². The van der Waals surface area contributed by atoms with Gasteiger partial charge in [0, 0.05) is 16.4 Å². The van der Waals surface area contributed by atoms with E-state index in [2.05, 4.69) is 38.0 Å². The Balaban J connectivity index is 1.67. The number of halogens is 1. The molecule has 2 nitrogen and oxygen atoms in total. The minimum absolute atomic E-state index is 0.880. The third-order valence-corrected chi connectivity index (χ3v) is 4.23. The predicted molar refractivity (Wildman–Crippen MR) is 66.1 cm³/mol. The second kappa shape index (κ2) is 5.14. The molecule has 1 aliphatic rings. The quantitative estimate of drug-likeness (QED) is 0.883. The highest BCUT2D eigenvalue weighted by Gasteiger charge is 2.13. The zero-order chi connectivity index (χ0) is 9.80. The van der Waals surface area contributed by atoms with Gasteiger partial charge in [-0.2, -0.15) is 0 Å². The summed E-state index contributed by atoms with van der Waals surface area (Å²) >= 11 is 5.21. The van der Waals surface area contributed by atoms with Gasteiger partial charge in [-0.3, -0.25) is 0 Å². The third kappa shape index (κ3) is 2.97. The molecule has 0 bridgehead atoms. The Bertz CT molecular complexity index is 281. The summed E-state index contributed by atoms with van der Waals surface area (Å²) in [6.07, 6.45) is 2.62. The van der Waals surface area contributed by atoms with Gasteiger partial charge in [0.1, 0.15) is 0 Å². The highest BCUT2D eigenvalue weighted by atomic mass is 79.9. The van der Waals surface area contributed by atoms with Crippen molar-refractivity contribution in [3.8, 4) is 0 Å². The van der Waals surface area contributed by atoms with Crippen LogP contribution in [-0.4, -0.2) is 19.6 Å². The van der Waals surface area contributed by atoms with E-state index < -0.39 is 0 Å². The van der Waals surface area contributed by atoms with Crippen molar-refractivity contribution < 1.29 is 0 Å². The summed E-state index contributed by atoms with van der Waals surface area (Å²) in [5.41, 5.74) is 0. The molecule has 1 unspecified atom stereocenters. The predicted octanol–water partition coefficient (Wildman–Crippen LogP) is 2.92. The Kier molecular flexibility index (Phi) is 3.84. The summed E-state index contributed by atoms with van der Waals surface area (Å²) in [6, 6.07) is 2.14. The van der Waals surface area contributed by atoms with Crippen molar-refractivity contribution in [1.29, 1.82) is 0 Å². The molecule has 0 aliphatic carbocycles. The molecule has 1 aliphatic heterocycles. The van der Waals surface area contributed by atoms with Crippen LogP contribution in [0.4, 0.5) is 5.00 Å². The molecule has 1 aromatic heterocycles. The first-order valence-corrected chi connectivity index (χ1v) is 6.70. The number of nitrogens with one attached hydrogen (secondary N) is 2. The van der Waals surface area contributed by atoms with E-state index in [9.17, 15) is 0 Å². The van der Waals surface area contributed by atoms with E-state index in [4.69, 9.17) is 0 Å². The highest BCUT2D eigenvalue weighted by molar-refractivity contribution is 9.10. The van der Waals surface area contributed by atoms with Crippen molar-refractivity contribution in [2.75, 3.05) is 25.0 Å². The van der Waals surface area contributed by atoms with Gasteiger partial charge in [-0.05, 0) is 53.8 Å². The van der Waals surface area contributed by atoms with Crippen molar-refractivity contribution in [2.45, 2.75) is 12.8 Å². The summed E-state index contributed by atoms with van der Waals surface area (Å²) in [5.74, 6) is 0.880. The van der Waals surface area contributed by atoms with Crippen LogP contribution in [0, 0.1) is 5.92 Å². The van der Waals surface area contributed by atoms with E-state index in [-0.39, 0.29) is 0 Å². The SMILES string of the molecule is Brc1csc(NCCC2CCNC2)c1. The van der Waals surface area contributed by atoms with Crippen LogP contribution in [0.15, 0.2) is 15.9 Å². The molecule has 0 spiro atoms. The molecule has 78 valence electrons. The van der Waals surface area contributed by atoms with Crippen LogP contribution in [0.25, 0.3) is 0 Å². The van der Waals surface area contributed by atoms with Gasteiger partial charge >= 0.3 is 0 Å². The van der Waals surface area contributed by atoms with E-state index >= 15 is 0 Å². The average Bonchev–Trinajstić information content (AvgIpc) is 2.77. The summed E-state index contributed by atoms with van der Waals surface area (Å²) in [6.45, 7) is 3.50. The molecule has 2 heterocycles. The van der Waals surface area contributed by atoms with Gasteiger partial charge in [-0.1, -0.05) is 0 Å². The minimum atomic E-state index is 0.880. The first kappa shape index (κ1) is 10.5. The van der Waals surface area contributed by atoms with E-state index in [1.54, 1.807) is 11.3 Å². The van der Waals surface area contributed by atoms with Crippen LogP contribution in [0.5, 0.6) is 0 Å². The van der Waals surface area contributed by atoms with E-state index in [0.29, 0.717) is 0 Å². The van der Waals surface area contributed by atoms with Crippen LogP contribution in [0.1, 0.15) is 12.8 Å². The van der Waals surface area contributed by atoms with E-state index in [1.807, 2.05) is 0 Å². The van der Waals surface area contributed by atoms with Gasteiger partial charge in [-0.15, -0.1) is 11.3 Å². The molecule has 2 rings (SSSR count). The lowest BCUT2D eigenvalue weighted by Crippen LogP contribution is -2.12. The van der Waals surface area contributed by atoms with Crippen molar-refractivity contribution >= 4 is 32.3 Å². The molecule has 0 amide bonds. The largest absolute Gasteiger partial charge is 0.377 e. The van der Waals surface area contributed by atoms with Crippen LogP contribution in [0.3, 0.4) is 0 Å². The Labute approximate surface area is 97.2 Å². The van der Waals surface area contributed by atoms with Crippen molar-refractivity contribution in [1.82, 2.24) is 5.32 Å². The molecule has 14 heavy (non-hydrogen) atoms. The number of rotatable bonds is 4. The summed E-state index contributed by atoms with van der Waals surface area (Å²) in [5, 5.41) is 10.2. The van der Waals surface area contributed by atoms with Gasteiger partial charge in [0.05, 0.1) is 5.00 Å². The Morgan fingerprint density at radius 1 is 1.64 bits per heavy atom. The van der Waals surface area contributed by atoms with E-state index in [1.165, 1.54) is 35.4 Å². The fraction of sp³-hybridized carbons (Fsp3) is 0.600. The molecule has 2 N–H and O–H groups in total. The lowest BCUT2D eigenvalue weighted by Gasteiger charge is -2.08. The van der Waals surface area contributed by atoms with Crippen molar-refractivity contribution in [3.05, 3.63) is 15.9 Å². The fourth-order valence-electron chi connectivity index (χ4n) is 1.77. The number of hydrogen-bond acceptors (Lipinski definition) is 3. The van der Waals surface area contributed by atoms with Crippen LogP contribution in [-0.2, 0) is 0 Å². The molecule has 1 aromatic rings. The lowest BCUT2D eigenvalue weighted by atomic mass is 10.1. The molecule has 0 radical (unpaired) electrons. The third-order valence-electron chi connectivity index (χ3n) is 2.58. The average molecular weight is 275 g/mol. The number of anilines is 1. The molecule has 1 saturated heterocycles. The Hall–Kier alpha value is -0.0600. The second-order valence-corrected chi connectivity index (χ2v) is 5.53. The molecule has 1 atom stereocenters. The minimum Gasteiger partial charge on any atom is -0.377 e. The molecular formula is C10H15BrN2S. The first-order chi connectivity index (χ1) is 6.84. The van der Waals surface area contributed by atoms with Gasteiger partial charge in [0.15, 0.2) is 0 Å². The first-order valence-electron chi connectivity index (χ1n) is 5.03. The van der Waals surface area contributed by atoms with Gasteiger partial charge < -0.3 is 10.6 Å². The highest BCUT2D eigenvalue weighted by Crippen LogP contribution is 2.24. The van der Waals surface area contributed by atoms with Gasteiger partial charge in [0.25, 0.3) is 0 Å². The lowest BCUT2D eigenvalue weighted by molar-refractivity contribution is 0.549. The van der Waals surface area contributed by atoms with Gasteiger partial charge in [0.2, 0.25) is 0 Å². The Morgan fingerprint density at radius 2 is 2.57 bits per heavy atom. The van der Waals surface area contributed by atoms with Crippen molar-refractivity contribution in [2.24, 2.45) is 5.92 Å². The normalized spacial score (nSPS) is 21.4. The molecule has 4 heteroatoms.